The van der Waals surface area contributed by atoms with Gasteiger partial charge < -0.3 is 10.6 Å². The first-order chi connectivity index (χ1) is 9.80. The third-order valence-corrected chi connectivity index (χ3v) is 4.47. The normalized spacial score (nSPS) is 18.1. The van der Waals surface area contributed by atoms with E-state index in [4.69, 9.17) is 5.73 Å². The van der Waals surface area contributed by atoms with E-state index >= 15 is 0 Å². The van der Waals surface area contributed by atoms with Gasteiger partial charge in [0.15, 0.2) is 0 Å². The van der Waals surface area contributed by atoms with Gasteiger partial charge in [-0.2, -0.15) is 0 Å². The van der Waals surface area contributed by atoms with Gasteiger partial charge >= 0.3 is 0 Å². The predicted molar refractivity (Wildman–Crippen MR) is 86.6 cm³/mol. The molecule has 2 atom stereocenters. The number of rotatable bonds is 5. The van der Waals surface area contributed by atoms with Crippen molar-refractivity contribution < 1.29 is 4.79 Å². The lowest BCUT2D eigenvalue weighted by molar-refractivity contribution is -0.138. The summed E-state index contributed by atoms with van der Waals surface area (Å²) in [6.45, 7) is 8.89. The van der Waals surface area contributed by atoms with Crippen LogP contribution in [0.5, 0.6) is 0 Å². The molecule has 3 heteroatoms. The Morgan fingerprint density at radius 2 is 1.86 bits per heavy atom. The highest BCUT2D eigenvalue weighted by Gasteiger charge is 2.38. The van der Waals surface area contributed by atoms with Crippen molar-refractivity contribution in [3.05, 3.63) is 35.9 Å². The Morgan fingerprint density at radius 1 is 1.29 bits per heavy atom. The van der Waals surface area contributed by atoms with Crippen LogP contribution in [0.25, 0.3) is 0 Å². The lowest BCUT2D eigenvalue weighted by Gasteiger charge is -2.36. The fourth-order valence-corrected chi connectivity index (χ4v) is 2.58. The molecule has 0 heterocycles. The summed E-state index contributed by atoms with van der Waals surface area (Å²) in [7, 11) is 0. The van der Waals surface area contributed by atoms with Gasteiger partial charge in [-0.15, -0.1) is 0 Å². The van der Waals surface area contributed by atoms with Crippen molar-refractivity contribution in [3.8, 4) is 0 Å². The van der Waals surface area contributed by atoms with Gasteiger partial charge in [0.1, 0.15) is 0 Å². The van der Waals surface area contributed by atoms with Crippen LogP contribution < -0.4 is 5.73 Å². The molecule has 0 aromatic heterocycles. The maximum atomic E-state index is 12.9. The molecule has 2 N–H and O–H groups in total. The fraction of sp³-hybridized carbons (Fsp3) is 0.611. The average Bonchev–Trinajstić information content (AvgIpc) is 3.27. The maximum absolute atomic E-state index is 12.9. The van der Waals surface area contributed by atoms with E-state index in [1.807, 2.05) is 43.9 Å². The molecule has 1 saturated carbocycles. The Balaban J connectivity index is 2.17. The molecule has 1 aromatic rings. The van der Waals surface area contributed by atoms with Gasteiger partial charge in [-0.3, -0.25) is 4.79 Å². The van der Waals surface area contributed by atoms with Crippen LogP contribution in [0.1, 0.15) is 46.1 Å². The first kappa shape index (κ1) is 16.0. The van der Waals surface area contributed by atoms with Crippen LogP contribution in [0.4, 0.5) is 0 Å². The summed E-state index contributed by atoms with van der Waals surface area (Å²) in [5.74, 6) is 0.718. The van der Waals surface area contributed by atoms with Gasteiger partial charge in [0.05, 0.1) is 6.04 Å². The van der Waals surface area contributed by atoms with Gasteiger partial charge in [0.2, 0.25) is 5.91 Å². The fourth-order valence-electron chi connectivity index (χ4n) is 2.58. The number of carbonyl (C=O) groups excluding carboxylic acids is 1. The summed E-state index contributed by atoms with van der Waals surface area (Å²) in [4.78, 5) is 14.9. The van der Waals surface area contributed by atoms with Crippen molar-refractivity contribution in [2.45, 2.75) is 59.2 Å². The number of nitrogens with two attached hydrogens (primary N) is 1. The van der Waals surface area contributed by atoms with E-state index in [0.717, 1.165) is 0 Å². The quantitative estimate of drug-likeness (QED) is 0.904. The molecule has 1 aliphatic carbocycles. The summed E-state index contributed by atoms with van der Waals surface area (Å²) in [5.41, 5.74) is 7.17. The summed E-state index contributed by atoms with van der Waals surface area (Å²) >= 11 is 0. The number of carbonyl (C=O) groups is 1. The summed E-state index contributed by atoms with van der Waals surface area (Å²) in [5, 5.41) is 0. The first-order valence-electron chi connectivity index (χ1n) is 7.90. The third-order valence-electron chi connectivity index (χ3n) is 4.47. The zero-order chi connectivity index (χ0) is 15.6. The molecule has 3 nitrogen and oxygen atoms in total. The van der Waals surface area contributed by atoms with Crippen molar-refractivity contribution >= 4 is 5.91 Å². The predicted octanol–water partition coefficient (Wildman–Crippen LogP) is 3.19. The van der Waals surface area contributed by atoms with E-state index in [2.05, 4.69) is 19.1 Å². The van der Waals surface area contributed by atoms with Crippen LogP contribution in [-0.4, -0.2) is 22.9 Å². The molecule has 1 aromatic carbocycles. The molecule has 2 rings (SSSR count). The van der Waals surface area contributed by atoms with E-state index in [1.54, 1.807) is 0 Å². The maximum Gasteiger partial charge on any atom is 0.240 e. The second kappa shape index (κ2) is 6.18. The zero-order valence-electron chi connectivity index (χ0n) is 13.7. The molecule has 0 spiro atoms. The summed E-state index contributed by atoms with van der Waals surface area (Å²) in [6.07, 6.45) is 2.45. The van der Waals surface area contributed by atoms with Crippen molar-refractivity contribution in [2.24, 2.45) is 17.1 Å². The standard InChI is InChI=1S/C18H28N2O/c1-13(15-10-11-15)20(12-14-8-6-5-7-9-14)17(21)16(19)18(2,3)4/h5-9,13,15-16H,10-12,19H2,1-4H3. The third kappa shape index (κ3) is 4.07. The smallest absolute Gasteiger partial charge is 0.240 e. The van der Waals surface area contributed by atoms with Crippen LogP contribution in [0.2, 0.25) is 0 Å². The van der Waals surface area contributed by atoms with Crippen LogP contribution in [0, 0.1) is 11.3 Å². The van der Waals surface area contributed by atoms with Crippen molar-refractivity contribution in [2.75, 3.05) is 0 Å². The van der Waals surface area contributed by atoms with E-state index in [0.29, 0.717) is 12.5 Å². The van der Waals surface area contributed by atoms with Gasteiger partial charge in [0.25, 0.3) is 0 Å². The highest BCUT2D eigenvalue weighted by atomic mass is 16.2. The van der Waals surface area contributed by atoms with E-state index in [1.165, 1.54) is 18.4 Å². The second-order valence-electron chi connectivity index (χ2n) is 7.37. The molecule has 0 saturated heterocycles. The van der Waals surface area contributed by atoms with Gasteiger partial charge in [0, 0.05) is 12.6 Å². The SMILES string of the molecule is CC(C1CC1)N(Cc1ccccc1)C(=O)C(N)C(C)(C)C. The summed E-state index contributed by atoms with van der Waals surface area (Å²) < 4.78 is 0. The van der Waals surface area contributed by atoms with Crippen LogP contribution in [0.3, 0.4) is 0 Å². The minimum atomic E-state index is -0.456. The number of hydrogen-bond acceptors (Lipinski definition) is 2. The molecule has 116 valence electrons. The Kier molecular flexibility index (Phi) is 4.72. The monoisotopic (exact) mass is 288 g/mol. The molecule has 1 fully saturated rings. The molecule has 1 aliphatic rings. The van der Waals surface area contributed by atoms with Crippen molar-refractivity contribution in [1.29, 1.82) is 0 Å². The lowest BCUT2D eigenvalue weighted by Crippen LogP contribution is -2.53. The highest BCUT2D eigenvalue weighted by Crippen LogP contribution is 2.36. The molecular weight excluding hydrogens is 260 g/mol. The van der Waals surface area contributed by atoms with Gasteiger partial charge in [-0.1, -0.05) is 51.1 Å². The molecule has 2 unspecified atom stereocenters. The Labute approximate surface area is 128 Å². The molecule has 0 aliphatic heterocycles. The van der Waals surface area contributed by atoms with Crippen LogP contribution >= 0.6 is 0 Å². The lowest BCUT2D eigenvalue weighted by atomic mass is 9.86. The molecular formula is C18H28N2O. The largest absolute Gasteiger partial charge is 0.334 e. The molecule has 0 bridgehead atoms. The van der Waals surface area contributed by atoms with Crippen molar-refractivity contribution in [3.63, 3.8) is 0 Å². The summed E-state index contributed by atoms with van der Waals surface area (Å²) in [6, 6.07) is 9.99. The minimum absolute atomic E-state index is 0.0748. The highest BCUT2D eigenvalue weighted by molar-refractivity contribution is 5.82. The zero-order valence-corrected chi connectivity index (χ0v) is 13.7. The number of nitrogens with zero attached hydrogens (tertiary/aromatic N) is 1. The number of amides is 1. The van der Waals surface area contributed by atoms with Gasteiger partial charge in [-0.05, 0) is 36.7 Å². The Morgan fingerprint density at radius 3 is 2.33 bits per heavy atom. The van der Waals surface area contributed by atoms with E-state index in [-0.39, 0.29) is 17.4 Å². The van der Waals surface area contributed by atoms with E-state index < -0.39 is 6.04 Å². The van der Waals surface area contributed by atoms with Crippen molar-refractivity contribution in [1.82, 2.24) is 4.90 Å². The first-order valence-corrected chi connectivity index (χ1v) is 7.90. The van der Waals surface area contributed by atoms with Crippen LogP contribution in [0.15, 0.2) is 30.3 Å². The average molecular weight is 288 g/mol. The van der Waals surface area contributed by atoms with Crippen LogP contribution in [-0.2, 0) is 11.3 Å². The Hall–Kier alpha value is -1.35. The minimum Gasteiger partial charge on any atom is -0.334 e. The van der Waals surface area contributed by atoms with E-state index in [9.17, 15) is 4.79 Å². The number of benzene rings is 1. The molecule has 0 radical (unpaired) electrons. The second-order valence-corrected chi connectivity index (χ2v) is 7.37. The number of hydrogen-bond donors (Lipinski definition) is 1. The molecule has 21 heavy (non-hydrogen) atoms. The Bertz CT molecular complexity index is 474. The van der Waals surface area contributed by atoms with Gasteiger partial charge in [-0.25, -0.2) is 0 Å². The topological polar surface area (TPSA) is 46.3 Å². The molecule has 1 amide bonds.